The Hall–Kier alpha value is -2.67. The molecule has 4 rings (SSSR count). The zero-order valence-electron chi connectivity index (χ0n) is 14.6. The third-order valence-electron chi connectivity index (χ3n) is 4.70. The van der Waals surface area contributed by atoms with Gasteiger partial charge < -0.3 is 14.8 Å². The lowest BCUT2D eigenvalue weighted by atomic mass is 10.1. The summed E-state index contributed by atoms with van der Waals surface area (Å²) in [5.41, 5.74) is 2.42. The number of fused-ring (bicyclic) bond motifs is 1. The van der Waals surface area contributed by atoms with Crippen LogP contribution >= 0.6 is 11.3 Å². The summed E-state index contributed by atoms with van der Waals surface area (Å²) in [5.74, 6) is 0.978. The number of nitrogens with zero attached hydrogens (tertiary/aromatic N) is 3. The van der Waals surface area contributed by atoms with Gasteiger partial charge in [0.05, 0.1) is 15.9 Å². The normalized spacial score (nSPS) is 14.8. The minimum absolute atomic E-state index is 0.00257. The maximum Gasteiger partial charge on any atom is 0.264 e. The molecule has 7 heteroatoms. The lowest BCUT2D eigenvalue weighted by Crippen LogP contribution is -2.50. The van der Waals surface area contributed by atoms with E-state index in [9.17, 15) is 9.59 Å². The van der Waals surface area contributed by atoms with Gasteiger partial charge in [0.15, 0.2) is 0 Å². The average Bonchev–Trinajstić information content (AvgIpc) is 3.35. The van der Waals surface area contributed by atoms with Gasteiger partial charge in [-0.1, -0.05) is 13.0 Å². The van der Waals surface area contributed by atoms with Gasteiger partial charge in [-0.3, -0.25) is 9.59 Å². The minimum atomic E-state index is 0.00257. The van der Waals surface area contributed by atoms with E-state index in [2.05, 4.69) is 9.97 Å². The van der Waals surface area contributed by atoms with Gasteiger partial charge in [-0.2, -0.15) is 0 Å². The first-order valence-electron chi connectivity index (χ1n) is 8.76. The van der Waals surface area contributed by atoms with Crippen LogP contribution in [0.5, 0.6) is 0 Å². The average molecular weight is 368 g/mol. The molecule has 6 nitrogen and oxygen atoms in total. The van der Waals surface area contributed by atoms with Crippen molar-refractivity contribution in [3.05, 3.63) is 52.0 Å². The monoisotopic (exact) mass is 368 g/mol. The van der Waals surface area contributed by atoms with Crippen LogP contribution in [0, 0.1) is 0 Å². The second-order valence-electron chi connectivity index (χ2n) is 6.33. The fraction of sp³-hybridized carbons (Fsp3) is 0.316. The predicted octanol–water partition coefficient (Wildman–Crippen LogP) is 2.79. The van der Waals surface area contributed by atoms with Gasteiger partial charge in [0.2, 0.25) is 0 Å². The Balaban J connectivity index is 1.44. The topological polar surface area (TPSA) is 69.3 Å². The van der Waals surface area contributed by atoms with E-state index >= 15 is 0 Å². The second kappa shape index (κ2) is 6.92. The molecule has 1 aliphatic heterocycles. The number of piperazine rings is 1. The number of nitrogens with one attached hydrogen (secondary N) is 1. The summed E-state index contributed by atoms with van der Waals surface area (Å²) in [7, 11) is 0. The van der Waals surface area contributed by atoms with E-state index in [1.165, 1.54) is 11.3 Å². The molecule has 0 saturated carbocycles. The maximum absolute atomic E-state index is 12.8. The Bertz CT molecular complexity index is 940. The number of benzene rings is 1. The first kappa shape index (κ1) is 16.8. The van der Waals surface area contributed by atoms with E-state index in [1.54, 1.807) is 0 Å². The number of aromatic amines is 1. The number of aryl methyl sites for hydroxylation is 1. The van der Waals surface area contributed by atoms with Crippen molar-refractivity contribution >= 4 is 34.2 Å². The summed E-state index contributed by atoms with van der Waals surface area (Å²) in [6.45, 7) is 4.28. The Morgan fingerprint density at radius 2 is 1.85 bits per heavy atom. The van der Waals surface area contributed by atoms with Crippen LogP contribution in [0.2, 0.25) is 0 Å². The van der Waals surface area contributed by atoms with E-state index in [0.717, 1.165) is 28.2 Å². The molecule has 0 aliphatic carbocycles. The van der Waals surface area contributed by atoms with E-state index in [-0.39, 0.29) is 11.8 Å². The summed E-state index contributed by atoms with van der Waals surface area (Å²) in [6.07, 6.45) is 0.832. The van der Waals surface area contributed by atoms with Gasteiger partial charge in [-0.15, -0.1) is 11.3 Å². The van der Waals surface area contributed by atoms with E-state index in [4.69, 9.17) is 0 Å². The van der Waals surface area contributed by atoms with Crippen molar-refractivity contribution in [2.24, 2.45) is 0 Å². The zero-order chi connectivity index (χ0) is 18.1. The summed E-state index contributed by atoms with van der Waals surface area (Å²) in [5, 5.41) is 1.91. The van der Waals surface area contributed by atoms with Crippen LogP contribution in [-0.2, 0) is 6.42 Å². The summed E-state index contributed by atoms with van der Waals surface area (Å²) in [4.78, 5) is 37.3. The molecule has 1 fully saturated rings. The number of hydrogen-bond donors (Lipinski definition) is 1. The number of imidazole rings is 1. The number of hydrogen-bond acceptors (Lipinski definition) is 4. The number of rotatable bonds is 3. The molecule has 1 saturated heterocycles. The van der Waals surface area contributed by atoms with Gasteiger partial charge >= 0.3 is 0 Å². The van der Waals surface area contributed by atoms with Crippen LogP contribution in [-0.4, -0.2) is 57.8 Å². The number of H-pyrrole nitrogens is 1. The Morgan fingerprint density at radius 3 is 2.50 bits per heavy atom. The van der Waals surface area contributed by atoms with Crippen LogP contribution in [0.25, 0.3) is 11.0 Å². The van der Waals surface area contributed by atoms with Crippen molar-refractivity contribution in [1.29, 1.82) is 0 Å². The molecule has 2 aromatic heterocycles. The number of aromatic nitrogens is 2. The lowest BCUT2D eigenvalue weighted by molar-refractivity contribution is 0.0538. The molecular formula is C19H20N4O2S. The molecule has 1 aromatic carbocycles. The minimum Gasteiger partial charge on any atom is -0.342 e. The molecule has 2 amide bonds. The highest BCUT2D eigenvalue weighted by molar-refractivity contribution is 7.12. The summed E-state index contributed by atoms with van der Waals surface area (Å²) >= 11 is 1.45. The Labute approximate surface area is 155 Å². The maximum atomic E-state index is 12.8. The van der Waals surface area contributed by atoms with Gasteiger partial charge in [-0.05, 0) is 29.6 Å². The highest BCUT2D eigenvalue weighted by Crippen LogP contribution is 2.18. The second-order valence-corrected chi connectivity index (χ2v) is 7.28. The van der Waals surface area contributed by atoms with Crippen molar-refractivity contribution in [2.45, 2.75) is 13.3 Å². The van der Waals surface area contributed by atoms with E-state index < -0.39 is 0 Å². The van der Waals surface area contributed by atoms with Crippen LogP contribution in [0.15, 0.2) is 35.7 Å². The third-order valence-corrected chi connectivity index (χ3v) is 5.56. The number of amides is 2. The SMILES string of the molecule is CCc1nc2ccc(C(=O)N3CCN(C(=O)c4cccs4)CC3)cc2[nH]1. The van der Waals surface area contributed by atoms with E-state index in [0.29, 0.717) is 31.7 Å². The number of carbonyl (C=O) groups is 2. The Morgan fingerprint density at radius 1 is 1.12 bits per heavy atom. The first-order valence-corrected chi connectivity index (χ1v) is 9.64. The van der Waals surface area contributed by atoms with Crippen LogP contribution in [0.3, 0.4) is 0 Å². The molecule has 1 aliphatic rings. The fourth-order valence-electron chi connectivity index (χ4n) is 3.21. The molecule has 3 heterocycles. The van der Waals surface area contributed by atoms with Crippen molar-refractivity contribution in [3.8, 4) is 0 Å². The molecule has 1 N–H and O–H groups in total. The smallest absolute Gasteiger partial charge is 0.264 e. The molecule has 3 aromatic rings. The Kier molecular flexibility index (Phi) is 4.46. The highest BCUT2D eigenvalue weighted by Gasteiger charge is 2.26. The van der Waals surface area contributed by atoms with Crippen LogP contribution in [0.4, 0.5) is 0 Å². The van der Waals surface area contributed by atoms with Gasteiger partial charge in [-0.25, -0.2) is 4.98 Å². The lowest BCUT2D eigenvalue weighted by Gasteiger charge is -2.34. The molecule has 134 valence electrons. The van der Waals surface area contributed by atoms with Gasteiger partial charge in [0.1, 0.15) is 5.82 Å². The molecule has 0 atom stereocenters. The summed E-state index contributed by atoms with van der Waals surface area (Å²) in [6, 6.07) is 9.30. The standard InChI is InChI=1S/C19H20N4O2S/c1-2-17-20-14-6-5-13(12-15(14)21-17)18(24)22-7-9-23(10-8-22)19(25)16-4-3-11-26-16/h3-6,11-12H,2,7-10H2,1H3,(H,20,21). The van der Waals surface area contributed by atoms with Gasteiger partial charge in [0, 0.05) is 38.2 Å². The van der Waals surface area contributed by atoms with Crippen LogP contribution in [0.1, 0.15) is 32.8 Å². The van der Waals surface area contributed by atoms with Crippen LogP contribution < -0.4 is 0 Å². The molecule has 0 bridgehead atoms. The van der Waals surface area contributed by atoms with Crippen molar-refractivity contribution < 1.29 is 9.59 Å². The van der Waals surface area contributed by atoms with Crippen molar-refractivity contribution in [3.63, 3.8) is 0 Å². The summed E-state index contributed by atoms with van der Waals surface area (Å²) < 4.78 is 0. The quantitative estimate of drug-likeness (QED) is 0.773. The fourth-order valence-corrected chi connectivity index (χ4v) is 3.91. The highest BCUT2D eigenvalue weighted by atomic mass is 32.1. The van der Waals surface area contributed by atoms with E-state index in [1.807, 2.05) is 52.4 Å². The number of thiophene rings is 1. The molecular weight excluding hydrogens is 348 g/mol. The molecule has 26 heavy (non-hydrogen) atoms. The van der Waals surface area contributed by atoms with Crippen molar-refractivity contribution in [1.82, 2.24) is 19.8 Å². The van der Waals surface area contributed by atoms with Crippen molar-refractivity contribution in [2.75, 3.05) is 26.2 Å². The zero-order valence-corrected chi connectivity index (χ0v) is 15.4. The first-order chi connectivity index (χ1) is 12.7. The molecule has 0 radical (unpaired) electrons. The van der Waals surface area contributed by atoms with Gasteiger partial charge in [0.25, 0.3) is 11.8 Å². The number of carbonyl (C=O) groups excluding carboxylic acids is 2. The third kappa shape index (κ3) is 3.10. The largest absolute Gasteiger partial charge is 0.342 e. The molecule has 0 unspecified atom stereocenters. The molecule has 0 spiro atoms. The predicted molar refractivity (Wildman–Crippen MR) is 102 cm³/mol.